The molecule has 0 heterocycles. The van der Waals surface area contributed by atoms with Crippen molar-refractivity contribution in [1.29, 1.82) is 5.26 Å². The summed E-state index contributed by atoms with van der Waals surface area (Å²) in [6.07, 6.45) is 1.63. The summed E-state index contributed by atoms with van der Waals surface area (Å²) < 4.78 is 12.8. The number of halogens is 1. The van der Waals surface area contributed by atoms with Gasteiger partial charge in [-0.3, -0.25) is 0 Å². The maximum Gasteiger partial charge on any atom is 0.175 e. The molecule has 0 fully saturated rings. The first-order valence-corrected chi connectivity index (χ1v) is 11.0. The fourth-order valence-electron chi connectivity index (χ4n) is 2.98. The van der Waals surface area contributed by atoms with Gasteiger partial charge in [0, 0.05) is 11.1 Å². The molecule has 0 radical (unpaired) electrons. The molecule has 0 aliphatic heterocycles. The quantitative estimate of drug-likeness (QED) is 0.195. The van der Waals surface area contributed by atoms with Crippen molar-refractivity contribution >= 4 is 28.8 Å². The van der Waals surface area contributed by atoms with E-state index in [1.807, 2.05) is 49.4 Å². The zero-order valence-corrected chi connectivity index (χ0v) is 19.6. The van der Waals surface area contributed by atoms with Gasteiger partial charge in [-0.2, -0.15) is 5.26 Å². The maximum absolute atomic E-state index is 9.15. The summed E-state index contributed by atoms with van der Waals surface area (Å²) in [6.45, 7) is 5.22. The smallest absolute Gasteiger partial charge is 0.175 e. The van der Waals surface area contributed by atoms with Gasteiger partial charge in [0.2, 0.25) is 0 Å². The van der Waals surface area contributed by atoms with Gasteiger partial charge in [0.05, 0.1) is 28.0 Å². The Morgan fingerprint density at radius 1 is 1.03 bits per heavy atom. The summed E-state index contributed by atoms with van der Waals surface area (Å²) in [7, 11) is 0. The number of hydrogen-bond acceptors (Lipinski definition) is 5. The van der Waals surface area contributed by atoms with Crippen LogP contribution in [0, 0.1) is 21.8 Å². The van der Waals surface area contributed by atoms with E-state index in [2.05, 4.69) is 52.9 Å². The predicted molar refractivity (Wildman–Crippen MR) is 129 cm³/mol. The zero-order valence-electron chi connectivity index (χ0n) is 17.5. The van der Waals surface area contributed by atoms with Crippen LogP contribution >= 0.6 is 22.6 Å². The lowest BCUT2D eigenvalue weighted by atomic mass is 10.1. The highest BCUT2D eigenvalue weighted by Crippen LogP contribution is 2.34. The topological polar surface area (TPSA) is 63.8 Å². The maximum atomic E-state index is 9.15. The SMILES string of the molecule is CCOc1cc(/C=N\OCc2ccccc2C#N)cc(I)c1OCc1cccc(C)c1. The van der Waals surface area contributed by atoms with Gasteiger partial charge in [-0.15, -0.1) is 0 Å². The van der Waals surface area contributed by atoms with Crippen LogP contribution in [0.15, 0.2) is 65.8 Å². The van der Waals surface area contributed by atoms with E-state index in [1.165, 1.54) is 5.56 Å². The van der Waals surface area contributed by atoms with E-state index >= 15 is 0 Å². The Morgan fingerprint density at radius 3 is 2.65 bits per heavy atom. The Labute approximate surface area is 196 Å². The molecule has 3 aromatic carbocycles. The molecular weight excluding hydrogens is 503 g/mol. The van der Waals surface area contributed by atoms with E-state index < -0.39 is 0 Å². The first-order chi connectivity index (χ1) is 15.1. The van der Waals surface area contributed by atoms with Crippen LogP contribution in [-0.4, -0.2) is 12.8 Å². The highest BCUT2D eigenvalue weighted by Gasteiger charge is 2.12. The minimum Gasteiger partial charge on any atom is -0.490 e. The standard InChI is InChI=1S/C25H23IN2O3/c1-3-29-24-13-20(15-28-31-17-22-10-5-4-9-21(22)14-27)12-23(26)25(24)30-16-19-8-6-7-18(2)11-19/h4-13,15H,3,16-17H2,1-2H3/b28-15-. The van der Waals surface area contributed by atoms with Crippen molar-refractivity contribution in [2.75, 3.05) is 6.61 Å². The van der Waals surface area contributed by atoms with Gasteiger partial charge in [0.15, 0.2) is 11.5 Å². The first-order valence-electron chi connectivity index (χ1n) is 9.88. The lowest BCUT2D eigenvalue weighted by Gasteiger charge is -2.15. The van der Waals surface area contributed by atoms with Gasteiger partial charge < -0.3 is 14.3 Å². The zero-order chi connectivity index (χ0) is 22.1. The van der Waals surface area contributed by atoms with Gasteiger partial charge in [0.25, 0.3) is 0 Å². The van der Waals surface area contributed by atoms with E-state index in [1.54, 1.807) is 12.3 Å². The highest BCUT2D eigenvalue weighted by atomic mass is 127. The Hall–Kier alpha value is -3.05. The van der Waals surface area contributed by atoms with Crippen LogP contribution in [0.1, 0.15) is 34.7 Å². The lowest BCUT2D eigenvalue weighted by molar-refractivity contribution is 0.132. The van der Waals surface area contributed by atoms with Crippen molar-refractivity contribution in [3.05, 3.63) is 92.1 Å². The fourth-order valence-corrected chi connectivity index (χ4v) is 3.76. The molecular formula is C25H23IN2O3. The summed E-state index contributed by atoms with van der Waals surface area (Å²) in [5.74, 6) is 1.38. The Balaban J connectivity index is 1.70. The van der Waals surface area contributed by atoms with Crippen LogP contribution in [-0.2, 0) is 18.1 Å². The summed E-state index contributed by atoms with van der Waals surface area (Å²) >= 11 is 2.24. The third-order valence-electron chi connectivity index (χ3n) is 4.43. The molecule has 0 unspecified atom stereocenters. The molecule has 0 aliphatic carbocycles. The van der Waals surface area contributed by atoms with E-state index in [-0.39, 0.29) is 6.61 Å². The third-order valence-corrected chi connectivity index (χ3v) is 5.23. The predicted octanol–water partition coefficient (Wildman–Crippen LogP) is 6.00. The molecule has 0 N–H and O–H groups in total. The van der Waals surface area contributed by atoms with Crippen LogP contribution in [0.2, 0.25) is 0 Å². The second kappa shape index (κ2) is 11.4. The van der Waals surface area contributed by atoms with Gasteiger partial charge in [-0.05, 0) is 60.2 Å². The summed E-state index contributed by atoms with van der Waals surface area (Å²) in [5.41, 5.74) is 4.52. The molecule has 0 spiro atoms. The van der Waals surface area contributed by atoms with Gasteiger partial charge in [0.1, 0.15) is 13.2 Å². The summed E-state index contributed by atoms with van der Waals surface area (Å²) in [5, 5.41) is 13.2. The number of ether oxygens (including phenoxy) is 2. The average molecular weight is 526 g/mol. The number of benzene rings is 3. The number of oxime groups is 1. The molecule has 0 saturated carbocycles. The molecule has 31 heavy (non-hydrogen) atoms. The molecule has 6 heteroatoms. The van der Waals surface area contributed by atoms with Crippen molar-refractivity contribution < 1.29 is 14.3 Å². The minimum atomic E-state index is 0.229. The highest BCUT2D eigenvalue weighted by molar-refractivity contribution is 14.1. The van der Waals surface area contributed by atoms with Gasteiger partial charge in [-0.1, -0.05) is 53.2 Å². The molecule has 0 bridgehead atoms. The largest absolute Gasteiger partial charge is 0.490 e. The molecule has 0 amide bonds. The molecule has 158 valence electrons. The van der Waals surface area contributed by atoms with Crippen molar-refractivity contribution in [2.45, 2.75) is 27.1 Å². The number of aryl methyl sites for hydroxylation is 1. The normalized spacial score (nSPS) is 10.6. The molecule has 0 saturated heterocycles. The summed E-state index contributed by atoms with van der Waals surface area (Å²) in [4.78, 5) is 5.40. The molecule has 0 aliphatic rings. The van der Waals surface area contributed by atoms with Crippen molar-refractivity contribution in [2.24, 2.45) is 5.16 Å². The molecule has 0 aromatic heterocycles. The summed E-state index contributed by atoms with van der Waals surface area (Å²) in [6, 6.07) is 21.5. The number of hydrogen-bond donors (Lipinski definition) is 0. The van der Waals surface area contributed by atoms with Crippen LogP contribution in [0.4, 0.5) is 0 Å². The molecule has 3 rings (SSSR count). The Morgan fingerprint density at radius 2 is 1.87 bits per heavy atom. The van der Waals surface area contributed by atoms with Crippen LogP contribution in [0.3, 0.4) is 0 Å². The minimum absolute atomic E-state index is 0.229. The van der Waals surface area contributed by atoms with Gasteiger partial charge >= 0.3 is 0 Å². The third kappa shape index (κ3) is 6.46. The van der Waals surface area contributed by atoms with Gasteiger partial charge in [-0.25, -0.2) is 0 Å². The Bertz CT molecular complexity index is 1110. The van der Waals surface area contributed by atoms with Crippen LogP contribution in [0.25, 0.3) is 0 Å². The van der Waals surface area contributed by atoms with Crippen molar-refractivity contribution in [3.8, 4) is 17.6 Å². The molecule has 3 aromatic rings. The second-order valence-electron chi connectivity index (χ2n) is 6.82. The lowest BCUT2D eigenvalue weighted by Crippen LogP contribution is -2.03. The average Bonchev–Trinajstić information content (AvgIpc) is 2.76. The van der Waals surface area contributed by atoms with Crippen LogP contribution < -0.4 is 9.47 Å². The van der Waals surface area contributed by atoms with E-state index in [9.17, 15) is 0 Å². The molecule has 5 nitrogen and oxygen atoms in total. The Kier molecular flexibility index (Phi) is 8.30. The first kappa shape index (κ1) is 22.6. The number of nitrogens with zero attached hydrogens (tertiary/aromatic N) is 2. The van der Waals surface area contributed by atoms with Crippen LogP contribution in [0.5, 0.6) is 11.5 Å². The second-order valence-corrected chi connectivity index (χ2v) is 7.98. The fraction of sp³-hybridized carbons (Fsp3) is 0.200. The molecule has 0 atom stereocenters. The van der Waals surface area contributed by atoms with E-state index in [0.717, 1.165) is 20.3 Å². The van der Waals surface area contributed by atoms with E-state index in [4.69, 9.17) is 19.6 Å². The van der Waals surface area contributed by atoms with Crippen molar-refractivity contribution in [1.82, 2.24) is 0 Å². The number of rotatable bonds is 9. The van der Waals surface area contributed by atoms with Crippen molar-refractivity contribution in [3.63, 3.8) is 0 Å². The monoisotopic (exact) mass is 526 g/mol. The number of nitriles is 1. The van der Waals surface area contributed by atoms with E-state index in [0.29, 0.717) is 30.3 Å².